The van der Waals surface area contributed by atoms with Crippen molar-refractivity contribution in [3.63, 3.8) is 0 Å². The second kappa shape index (κ2) is 28.4. The quantitative estimate of drug-likeness (QED) is 0.296. The first-order valence-corrected chi connectivity index (χ1v) is 2.07. The summed E-state index contributed by atoms with van der Waals surface area (Å²) < 4.78 is 0. The van der Waals surface area contributed by atoms with E-state index in [2.05, 4.69) is 19.7 Å². The van der Waals surface area contributed by atoms with Gasteiger partial charge in [-0.3, -0.25) is 0 Å². The normalized spacial score (nSPS) is 3.89. The van der Waals surface area contributed by atoms with E-state index in [1.807, 2.05) is 0 Å². The molecule has 0 fully saturated rings. The summed E-state index contributed by atoms with van der Waals surface area (Å²) in [4.78, 5) is 0. The van der Waals surface area contributed by atoms with E-state index in [1.54, 1.807) is 18.2 Å². The SMILES string of the molecule is C=CC#N.C=CC=C.[SiH4]. The molecule has 0 spiro atoms. The zero-order valence-electron chi connectivity index (χ0n) is 4.80. The van der Waals surface area contributed by atoms with E-state index in [9.17, 15) is 0 Å². The van der Waals surface area contributed by atoms with Crippen molar-refractivity contribution >= 4 is 11.0 Å². The first kappa shape index (κ1) is 15.7. The summed E-state index contributed by atoms with van der Waals surface area (Å²) >= 11 is 0. The molecule has 0 aliphatic heterocycles. The Morgan fingerprint density at radius 3 is 1.33 bits per heavy atom. The van der Waals surface area contributed by atoms with Gasteiger partial charge in [0, 0.05) is 6.08 Å². The summed E-state index contributed by atoms with van der Waals surface area (Å²) in [6.07, 6.45) is 4.46. The van der Waals surface area contributed by atoms with E-state index in [0.717, 1.165) is 0 Å². The highest BCUT2D eigenvalue weighted by Gasteiger charge is 1.34. The number of hydrogen-bond acceptors (Lipinski definition) is 1. The largest absolute Gasteiger partial charge is 0.193 e. The molecule has 1 nitrogen and oxygen atoms in total. The van der Waals surface area contributed by atoms with E-state index >= 15 is 0 Å². The summed E-state index contributed by atoms with van der Waals surface area (Å²) in [6, 6.07) is 1.69. The van der Waals surface area contributed by atoms with E-state index in [1.165, 1.54) is 6.08 Å². The molecule has 9 heavy (non-hydrogen) atoms. The van der Waals surface area contributed by atoms with Crippen LogP contribution in [0.25, 0.3) is 0 Å². The fourth-order valence-electron chi connectivity index (χ4n) is 0. The molecule has 0 aromatic rings. The molecule has 0 unspecified atom stereocenters. The highest BCUT2D eigenvalue weighted by atomic mass is 28.1. The number of allylic oxidation sites excluding steroid dienone is 3. The summed E-state index contributed by atoms with van der Waals surface area (Å²) in [5.41, 5.74) is 0. The fraction of sp³-hybridized carbons (Fsp3) is 0. The van der Waals surface area contributed by atoms with Crippen molar-refractivity contribution in [3.05, 3.63) is 38.0 Å². The van der Waals surface area contributed by atoms with Gasteiger partial charge in [-0.25, -0.2) is 0 Å². The second-order valence-electron chi connectivity index (χ2n) is 0.805. The maximum absolute atomic E-state index is 7.51. The Morgan fingerprint density at radius 1 is 1.11 bits per heavy atom. The third kappa shape index (κ3) is 196. The maximum Gasteiger partial charge on any atom is 0.0905 e. The van der Waals surface area contributed by atoms with Crippen molar-refractivity contribution in [2.45, 2.75) is 0 Å². The Labute approximate surface area is 61.0 Å². The first-order chi connectivity index (χ1) is 3.83. The Hall–Kier alpha value is -1.07. The zero-order chi connectivity index (χ0) is 6.83. The van der Waals surface area contributed by atoms with Crippen LogP contribution in [0.2, 0.25) is 0 Å². The average molecular weight is 139 g/mol. The molecule has 0 N–H and O–H groups in total. The topological polar surface area (TPSA) is 23.8 Å². The molecule has 0 aromatic heterocycles. The lowest BCUT2D eigenvalue weighted by Crippen LogP contribution is -1.23. The second-order valence-corrected chi connectivity index (χ2v) is 0.805. The molecular formula is C7H13NSi. The molecule has 0 saturated heterocycles. The molecule has 0 aliphatic carbocycles. The van der Waals surface area contributed by atoms with Gasteiger partial charge in [0.2, 0.25) is 0 Å². The standard InChI is InChI=1S/C4H6.C3H3N.H4Si/c1-3-4-2;1-2-3-4;/h3-4H,1-2H2;2H,1H2;1H4. The van der Waals surface area contributed by atoms with E-state index in [4.69, 9.17) is 5.26 Å². The van der Waals surface area contributed by atoms with Crippen LogP contribution in [0.4, 0.5) is 0 Å². The zero-order valence-corrected chi connectivity index (χ0v) is 4.80. The average Bonchev–Trinajstić information content (AvgIpc) is 1.88. The van der Waals surface area contributed by atoms with Crippen molar-refractivity contribution < 1.29 is 0 Å². The molecule has 0 heterocycles. The number of rotatable bonds is 1. The molecule has 50 valence electrons. The molecule has 0 radical (unpaired) electrons. The summed E-state index contributed by atoms with van der Waals surface area (Å²) in [7, 11) is 0. The minimum atomic E-state index is 0. The fourth-order valence-corrected chi connectivity index (χ4v) is 0. The first-order valence-electron chi connectivity index (χ1n) is 2.07. The van der Waals surface area contributed by atoms with Crippen LogP contribution in [0.15, 0.2) is 38.0 Å². The highest BCUT2D eigenvalue weighted by Crippen LogP contribution is 1.52. The van der Waals surface area contributed by atoms with Gasteiger partial charge < -0.3 is 0 Å². The Bertz CT molecular complexity index is 105. The molecule has 0 amide bonds. The van der Waals surface area contributed by atoms with Gasteiger partial charge in [0.05, 0.1) is 6.07 Å². The molecule has 0 atom stereocenters. The van der Waals surface area contributed by atoms with Gasteiger partial charge >= 0.3 is 0 Å². The van der Waals surface area contributed by atoms with Gasteiger partial charge in [0.15, 0.2) is 0 Å². The van der Waals surface area contributed by atoms with Crippen molar-refractivity contribution in [2.24, 2.45) is 0 Å². The van der Waals surface area contributed by atoms with Gasteiger partial charge in [-0.05, 0) is 11.0 Å². The monoisotopic (exact) mass is 139 g/mol. The van der Waals surface area contributed by atoms with Crippen LogP contribution in [0.1, 0.15) is 0 Å². The van der Waals surface area contributed by atoms with Gasteiger partial charge in [-0.2, -0.15) is 5.26 Å². The third-order valence-electron chi connectivity index (χ3n) is 0.258. The van der Waals surface area contributed by atoms with Gasteiger partial charge in [-0.1, -0.05) is 31.9 Å². The molecular weight excluding hydrogens is 126 g/mol. The highest BCUT2D eigenvalue weighted by molar-refractivity contribution is 5.75. The van der Waals surface area contributed by atoms with Gasteiger partial charge in [-0.15, -0.1) is 0 Å². The maximum atomic E-state index is 7.51. The summed E-state index contributed by atoms with van der Waals surface area (Å²) in [6.45, 7) is 9.84. The van der Waals surface area contributed by atoms with E-state index in [-0.39, 0.29) is 11.0 Å². The predicted octanol–water partition coefficient (Wildman–Crippen LogP) is 0.603. The van der Waals surface area contributed by atoms with Crippen LogP contribution < -0.4 is 0 Å². The molecule has 0 aliphatic rings. The van der Waals surface area contributed by atoms with Crippen LogP contribution in [0, 0.1) is 11.3 Å². The van der Waals surface area contributed by atoms with E-state index < -0.39 is 0 Å². The molecule has 0 saturated carbocycles. The summed E-state index contributed by atoms with van der Waals surface area (Å²) in [5, 5.41) is 7.51. The van der Waals surface area contributed by atoms with Crippen molar-refractivity contribution in [1.82, 2.24) is 0 Å². The molecule has 0 bridgehead atoms. The Morgan fingerprint density at radius 2 is 1.33 bits per heavy atom. The lowest BCUT2D eigenvalue weighted by Gasteiger charge is -1.44. The Balaban J connectivity index is -0.0000000720. The molecule has 0 rings (SSSR count). The van der Waals surface area contributed by atoms with Crippen LogP contribution in [-0.2, 0) is 0 Å². The lowest BCUT2D eigenvalue weighted by atomic mass is 10.6. The number of nitriles is 1. The van der Waals surface area contributed by atoms with Crippen LogP contribution in [-0.4, -0.2) is 11.0 Å². The van der Waals surface area contributed by atoms with Crippen LogP contribution >= 0.6 is 0 Å². The third-order valence-corrected chi connectivity index (χ3v) is 0.258. The number of nitrogens with zero attached hydrogens (tertiary/aromatic N) is 1. The van der Waals surface area contributed by atoms with Crippen molar-refractivity contribution in [1.29, 1.82) is 5.26 Å². The molecule has 2 heteroatoms. The van der Waals surface area contributed by atoms with Gasteiger partial charge in [0.25, 0.3) is 0 Å². The van der Waals surface area contributed by atoms with Gasteiger partial charge in [0.1, 0.15) is 0 Å². The minimum absolute atomic E-state index is 0. The molecule has 0 aromatic carbocycles. The number of hydrogen-bond donors (Lipinski definition) is 0. The Kier molecular flexibility index (Phi) is 49.5. The van der Waals surface area contributed by atoms with Crippen molar-refractivity contribution in [3.8, 4) is 6.07 Å². The van der Waals surface area contributed by atoms with Crippen molar-refractivity contribution in [2.75, 3.05) is 0 Å². The smallest absolute Gasteiger partial charge is 0.0905 e. The van der Waals surface area contributed by atoms with Crippen LogP contribution in [0.5, 0.6) is 0 Å². The lowest BCUT2D eigenvalue weighted by molar-refractivity contribution is 1.54. The minimum Gasteiger partial charge on any atom is -0.193 e. The predicted molar refractivity (Wildman–Crippen MR) is 47.5 cm³/mol. The van der Waals surface area contributed by atoms with Crippen LogP contribution in [0.3, 0.4) is 0 Å². The summed E-state index contributed by atoms with van der Waals surface area (Å²) in [5.74, 6) is 0. The van der Waals surface area contributed by atoms with E-state index in [0.29, 0.717) is 0 Å².